The van der Waals surface area contributed by atoms with E-state index in [-0.39, 0.29) is 0 Å². The zero-order valence-corrected chi connectivity index (χ0v) is 12.2. The molecule has 2 nitrogen and oxygen atoms in total. The van der Waals surface area contributed by atoms with Gasteiger partial charge in [-0.3, -0.25) is 4.90 Å². The average Bonchev–Trinajstić information content (AvgIpc) is 2.40. The smallest absolute Gasteiger partial charge is 0.0237 e. The van der Waals surface area contributed by atoms with Gasteiger partial charge in [0.25, 0.3) is 0 Å². The van der Waals surface area contributed by atoms with E-state index in [0.717, 1.165) is 26.2 Å². The molecule has 1 aromatic rings. The second-order valence-corrected chi connectivity index (χ2v) is 5.84. The topological polar surface area (TPSA) is 15.3 Å². The number of benzene rings is 1. The van der Waals surface area contributed by atoms with Crippen molar-refractivity contribution in [3.63, 3.8) is 0 Å². The third-order valence-electron chi connectivity index (χ3n) is 3.42. The number of nitrogens with one attached hydrogen (secondary N) is 1. The Balaban J connectivity index is 1.85. The summed E-state index contributed by atoms with van der Waals surface area (Å²) in [5.41, 5.74) is 2.82. The molecule has 1 heterocycles. The SMILES string of the molecule is CC(C)CNCc1cccc(CN2CC=CCC2)c1. The molecule has 19 heavy (non-hydrogen) atoms. The Morgan fingerprint density at radius 2 is 2.05 bits per heavy atom. The van der Waals surface area contributed by atoms with Gasteiger partial charge in [0.1, 0.15) is 0 Å². The maximum absolute atomic E-state index is 3.51. The molecule has 2 heteroatoms. The van der Waals surface area contributed by atoms with Gasteiger partial charge in [-0.2, -0.15) is 0 Å². The standard InChI is InChI=1S/C17H26N2/c1-15(2)12-18-13-16-7-6-8-17(11-16)14-19-9-4-3-5-10-19/h3-4,6-8,11,15,18H,5,9-10,12-14H2,1-2H3. The molecule has 0 fully saturated rings. The number of hydrogen-bond donors (Lipinski definition) is 1. The first-order valence-corrected chi connectivity index (χ1v) is 7.40. The van der Waals surface area contributed by atoms with Crippen molar-refractivity contribution in [2.75, 3.05) is 19.6 Å². The first-order valence-electron chi connectivity index (χ1n) is 7.40. The number of nitrogens with zero attached hydrogens (tertiary/aromatic N) is 1. The van der Waals surface area contributed by atoms with Crippen LogP contribution in [0.15, 0.2) is 36.4 Å². The molecule has 1 aromatic carbocycles. The molecular formula is C17H26N2. The van der Waals surface area contributed by atoms with E-state index >= 15 is 0 Å². The molecule has 0 atom stereocenters. The van der Waals surface area contributed by atoms with Gasteiger partial charge in [-0.15, -0.1) is 0 Å². The molecule has 0 saturated carbocycles. The van der Waals surface area contributed by atoms with Gasteiger partial charge < -0.3 is 5.32 Å². The Labute approximate surface area is 117 Å². The van der Waals surface area contributed by atoms with Gasteiger partial charge in [-0.25, -0.2) is 0 Å². The summed E-state index contributed by atoms with van der Waals surface area (Å²) in [5, 5.41) is 3.51. The Bertz CT molecular complexity index is 409. The predicted octanol–water partition coefficient (Wildman–Crippen LogP) is 3.19. The van der Waals surface area contributed by atoms with Crippen molar-refractivity contribution < 1.29 is 0 Å². The first kappa shape index (κ1) is 14.3. The summed E-state index contributed by atoms with van der Waals surface area (Å²) >= 11 is 0. The van der Waals surface area contributed by atoms with Crippen LogP contribution < -0.4 is 5.32 Å². The predicted molar refractivity (Wildman–Crippen MR) is 82.0 cm³/mol. The van der Waals surface area contributed by atoms with Crippen LogP contribution in [0.25, 0.3) is 0 Å². The van der Waals surface area contributed by atoms with Crippen molar-refractivity contribution in [1.82, 2.24) is 10.2 Å². The molecular weight excluding hydrogens is 232 g/mol. The highest BCUT2D eigenvalue weighted by atomic mass is 15.1. The Kier molecular flexibility index (Phi) is 5.62. The maximum atomic E-state index is 3.51. The third-order valence-corrected chi connectivity index (χ3v) is 3.42. The van der Waals surface area contributed by atoms with Gasteiger partial charge in [-0.1, -0.05) is 50.3 Å². The van der Waals surface area contributed by atoms with Gasteiger partial charge in [0.15, 0.2) is 0 Å². The van der Waals surface area contributed by atoms with Crippen LogP contribution in [-0.2, 0) is 13.1 Å². The molecule has 1 aliphatic heterocycles. The van der Waals surface area contributed by atoms with Crippen LogP contribution >= 0.6 is 0 Å². The second kappa shape index (κ2) is 7.46. The number of hydrogen-bond acceptors (Lipinski definition) is 2. The average molecular weight is 258 g/mol. The molecule has 1 aliphatic rings. The van der Waals surface area contributed by atoms with Gasteiger partial charge in [0.05, 0.1) is 0 Å². The van der Waals surface area contributed by atoms with Crippen molar-refractivity contribution in [2.45, 2.75) is 33.4 Å². The highest BCUT2D eigenvalue weighted by Gasteiger charge is 2.07. The van der Waals surface area contributed by atoms with Crippen LogP contribution in [0.1, 0.15) is 31.4 Å². The molecule has 0 aromatic heterocycles. The summed E-state index contributed by atoms with van der Waals surface area (Å²) in [6, 6.07) is 8.98. The van der Waals surface area contributed by atoms with E-state index in [2.05, 4.69) is 60.5 Å². The summed E-state index contributed by atoms with van der Waals surface area (Å²) < 4.78 is 0. The first-order chi connectivity index (χ1) is 9.24. The lowest BCUT2D eigenvalue weighted by Gasteiger charge is -2.23. The molecule has 0 saturated heterocycles. The molecule has 0 spiro atoms. The molecule has 104 valence electrons. The summed E-state index contributed by atoms with van der Waals surface area (Å²) in [7, 11) is 0. The molecule has 1 N–H and O–H groups in total. The highest BCUT2D eigenvalue weighted by Crippen LogP contribution is 2.11. The van der Waals surface area contributed by atoms with Crippen molar-refractivity contribution in [3.05, 3.63) is 47.5 Å². The largest absolute Gasteiger partial charge is 0.312 e. The van der Waals surface area contributed by atoms with Crippen LogP contribution in [0.4, 0.5) is 0 Å². The summed E-state index contributed by atoms with van der Waals surface area (Å²) in [5.74, 6) is 0.711. The maximum Gasteiger partial charge on any atom is 0.0237 e. The lowest BCUT2D eigenvalue weighted by atomic mass is 10.1. The zero-order chi connectivity index (χ0) is 13.5. The van der Waals surface area contributed by atoms with E-state index in [1.165, 1.54) is 24.1 Å². The van der Waals surface area contributed by atoms with Crippen LogP contribution in [0.3, 0.4) is 0 Å². The fourth-order valence-corrected chi connectivity index (χ4v) is 2.43. The summed E-state index contributed by atoms with van der Waals surface area (Å²) in [6.07, 6.45) is 5.75. The van der Waals surface area contributed by atoms with Gasteiger partial charge in [-0.05, 0) is 30.0 Å². The minimum absolute atomic E-state index is 0.711. The molecule has 0 radical (unpaired) electrons. The molecule has 0 unspecified atom stereocenters. The van der Waals surface area contributed by atoms with E-state index in [4.69, 9.17) is 0 Å². The van der Waals surface area contributed by atoms with E-state index in [1.54, 1.807) is 0 Å². The Hall–Kier alpha value is -1.12. The normalized spacial score (nSPS) is 16.2. The molecule has 0 bridgehead atoms. The zero-order valence-electron chi connectivity index (χ0n) is 12.2. The van der Waals surface area contributed by atoms with Crippen molar-refractivity contribution in [3.8, 4) is 0 Å². The second-order valence-electron chi connectivity index (χ2n) is 5.84. The summed E-state index contributed by atoms with van der Waals surface area (Å²) in [6.45, 7) is 9.90. The van der Waals surface area contributed by atoms with Crippen LogP contribution in [-0.4, -0.2) is 24.5 Å². The van der Waals surface area contributed by atoms with Crippen molar-refractivity contribution >= 4 is 0 Å². The van der Waals surface area contributed by atoms with E-state index in [1.807, 2.05) is 0 Å². The molecule has 0 amide bonds. The minimum Gasteiger partial charge on any atom is -0.312 e. The van der Waals surface area contributed by atoms with E-state index in [0.29, 0.717) is 5.92 Å². The van der Waals surface area contributed by atoms with Gasteiger partial charge in [0, 0.05) is 26.2 Å². The molecule has 2 rings (SSSR count). The highest BCUT2D eigenvalue weighted by molar-refractivity contribution is 5.23. The fourth-order valence-electron chi connectivity index (χ4n) is 2.43. The minimum atomic E-state index is 0.711. The summed E-state index contributed by atoms with van der Waals surface area (Å²) in [4.78, 5) is 2.50. The monoisotopic (exact) mass is 258 g/mol. The van der Waals surface area contributed by atoms with Gasteiger partial charge >= 0.3 is 0 Å². The van der Waals surface area contributed by atoms with Crippen molar-refractivity contribution in [1.29, 1.82) is 0 Å². The quantitative estimate of drug-likeness (QED) is 0.788. The third kappa shape index (κ3) is 5.17. The number of rotatable bonds is 6. The Morgan fingerprint density at radius 1 is 1.21 bits per heavy atom. The molecule has 0 aliphatic carbocycles. The van der Waals surface area contributed by atoms with Crippen LogP contribution in [0.5, 0.6) is 0 Å². The fraction of sp³-hybridized carbons (Fsp3) is 0.529. The van der Waals surface area contributed by atoms with E-state index < -0.39 is 0 Å². The lowest BCUT2D eigenvalue weighted by Crippen LogP contribution is -2.26. The van der Waals surface area contributed by atoms with Crippen LogP contribution in [0.2, 0.25) is 0 Å². The van der Waals surface area contributed by atoms with Crippen LogP contribution in [0, 0.1) is 5.92 Å². The lowest BCUT2D eigenvalue weighted by molar-refractivity contribution is 0.290. The Morgan fingerprint density at radius 3 is 2.79 bits per heavy atom. The van der Waals surface area contributed by atoms with Gasteiger partial charge in [0.2, 0.25) is 0 Å². The van der Waals surface area contributed by atoms with Crippen molar-refractivity contribution in [2.24, 2.45) is 5.92 Å². The van der Waals surface area contributed by atoms with E-state index in [9.17, 15) is 0 Å².